The summed E-state index contributed by atoms with van der Waals surface area (Å²) in [5.74, 6) is 0. The van der Waals surface area contributed by atoms with Gasteiger partial charge in [-0.15, -0.1) is 21.5 Å². The van der Waals surface area contributed by atoms with Crippen molar-refractivity contribution in [2.75, 3.05) is 13.2 Å². The van der Waals surface area contributed by atoms with Crippen molar-refractivity contribution in [2.45, 2.75) is 64.1 Å². The van der Waals surface area contributed by atoms with Crippen LogP contribution in [0.15, 0.2) is 12.7 Å². The highest BCUT2D eigenvalue weighted by Gasteiger charge is 2.43. The molecule has 0 aromatic rings. The van der Waals surface area contributed by atoms with Crippen LogP contribution in [0.5, 0.6) is 0 Å². The molecule has 2 aliphatic heterocycles. The van der Waals surface area contributed by atoms with Gasteiger partial charge in [-0.3, -0.25) is 0 Å². The van der Waals surface area contributed by atoms with Gasteiger partial charge >= 0.3 is 0 Å². The summed E-state index contributed by atoms with van der Waals surface area (Å²) in [6.45, 7) is 8.58. The van der Waals surface area contributed by atoms with Crippen molar-refractivity contribution in [1.82, 2.24) is 0 Å². The third-order valence-corrected chi connectivity index (χ3v) is 3.65. The van der Waals surface area contributed by atoms with Crippen molar-refractivity contribution in [3.8, 4) is 0 Å². The lowest BCUT2D eigenvalue weighted by atomic mass is 10.1. The number of hydroxylamine groups is 3. The molecule has 116 valence electrons. The first-order valence-electron chi connectivity index (χ1n) is 7.47. The number of hydrogen-bond donors (Lipinski definition) is 1. The molecular weight excluding hydrogens is 262 g/mol. The Hall–Kier alpha value is -0.500. The van der Waals surface area contributed by atoms with Gasteiger partial charge in [0.15, 0.2) is 12.8 Å². The average molecular weight is 288 g/mol. The number of nitrogens with zero attached hydrogens (tertiary/aromatic N) is 1. The topological polar surface area (TPSA) is 60.5 Å². The zero-order chi connectivity index (χ0) is 14.6. The molecule has 2 aliphatic rings. The van der Waals surface area contributed by atoms with Crippen LogP contribution in [-0.2, 0) is 19.1 Å². The van der Waals surface area contributed by atoms with E-state index in [1.165, 1.54) is 0 Å². The van der Waals surface area contributed by atoms with Crippen LogP contribution < -0.4 is 0 Å². The summed E-state index contributed by atoms with van der Waals surface area (Å²) < 4.78 is 10.7. The highest BCUT2D eigenvalue weighted by atomic mass is 17.2. The van der Waals surface area contributed by atoms with Crippen LogP contribution in [0.2, 0.25) is 0 Å². The molecule has 0 aromatic carbocycles. The van der Waals surface area contributed by atoms with E-state index in [1.807, 2.05) is 0 Å². The maximum Gasteiger partial charge on any atom is 0.188 e. The summed E-state index contributed by atoms with van der Waals surface area (Å²) in [6, 6.07) is 0. The van der Waals surface area contributed by atoms with Crippen LogP contribution >= 0.6 is 0 Å². The molecule has 0 saturated carbocycles. The third-order valence-electron chi connectivity index (χ3n) is 3.65. The smallest absolute Gasteiger partial charge is 0.188 e. The fourth-order valence-corrected chi connectivity index (χ4v) is 2.33. The van der Waals surface area contributed by atoms with Gasteiger partial charge < -0.3 is 9.47 Å². The van der Waals surface area contributed by atoms with Crippen molar-refractivity contribution < 1.29 is 29.3 Å². The first kappa shape index (κ1) is 15.9. The highest BCUT2D eigenvalue weighted by Crippen LogP contribution is 2.27. The van der Waals surface area contributed by atoms with Gasteiger partial charge in [0.05, 0.1) is 11.6 Å². The maximum atomic E-state index is 10.3. The molecule has 1 N–H and O–H groups in total. The number of hydrogen-bond acceptors (Lipinski definition) is 5. The summed E-state index contributed by atoms with van der Waals surface area (Å²) in [5.41, 5.74) is 0. The number of ether oxygens (including phenoxy) is 2. The van der Waals surface area contributed by atoms with Crippen LogP contribution in [0.4, 0.5) is 0 Å². The molecule has 4 unspecified atom stereocenters. The number of epoxide rings is 1. The standard InChI is InChI=1S/C14H26NO5/c1-4-11-10-12(5-2)20-15(16,19-11)8-7-9-17-14-13(6-3)18-14/h6,11-14,16H,3-5,7-10H2,1-2H3/q+1. The molecule has 2 saturated heterocycles. The largest absolute Gasteiger partial charge is 0.349 e. The zero-order valence-electron chi connectivity index (χ0n) is 12.4. The van der Waals surface area contributed by atoms with E-state index in [0.29, 0.717) is 19.6 Å². The second kappa shape index (κ2) is 6.98. The minimum absolute atomic E-state index is 0.0173. The lowest BCUT2D eigenvalue weighted by Crippen LogP contribution is -2.55. The molecule has 2 heterocycles. The number of rotatable bonds is 8. The second-order valence-electron chi connectivity index (χ2n) is 5.30. The minimum atomic E-state index is -0.767. The molecule has 4 atom stereocenters. The van der Waals surface area contributed by atoms with E-state index < -0.39 is 4.97 Å². The molecule has 6 heteroatoms. The summed E-state index contributed by atoms with van der Waals surface area (Å²) in [7, 11) is 0. The van der Waals surface area contributed by atoms with Crippen LogP contribution in [0.25, 0.3) is 0 Å². The van der Waals surface area contributed by atoms with Crippen molar-refractivity contribution in [3.05, 3.63) is 12.7 Å². The van der Waals surface area contributed by atoms with E-state index in [-0.39, 0.29) is 24.6 Å². The molecular formula is C14H26NO5+. The van der Waals surface area contributed by atoms with E-state index in [4.69, 9.17) is 19.1 Å². The van der Waals surface area contributed by atoms with E-state index in [1.54, 1.807) is 6.08 Å². The lowest BCUT2D eigenvalue weighted by molar-refractivity contribution is -1.38. The zero-order valence-corrected chi connectivity index (χ0v) is 12.4. The normalized spacial score (nSPS) is 40.5. The van der Waals surface area contributed by atoms with Gasteiger partial charge in [0.25, 0.3) is 0 Å². The maximum absolute atomic E-state index is 10.3. The van der Waals surface area contributed by atoms with Gasteiger partial charge in [0.1, 0.15) is 18.3 Å². The third kappa shape index (κ3) is 4.25. The molecule has 0 radical (unpaired) electrons. The first-order chi connectivity index (χ1) is 9.60. The summed E-state index contributed by atoms with van der Waals surface area (Å²) in [6.07, 6.45) is 4.85. The molecule has 2 fully saturated rings. The molecule has 6 nitrogen and oxygen atoms in total. The van der Waals surface area contributed by atoms with E-state index in [0.717, 1.165) is 19.3 Å². The van der Waals surface area contributed by atoms with E-state index >= 15 is 0 Å². The molecule has 0 amide bonds. The Morgan fingerprint density at radius 1 is 1.30 bits per heavy atom. The van der Waals surface area contributed by atoms with Gasteiger partial charge in [-0.25, -0.2) is 0 Å². The van der Waals surface area contributed by atoms with E-state index in [2.05, 4.69) is 20.4 Å². The summed E-state index contributed by atoms with van der Waals surface area (Å²) in [5, 5.41) is 10.3. The van der Waals surface area contributed by atoms with E-state index in [9.17, 15) is 5.21 Å². The van der Waals surface area contributed by atoms with Crippen LogP contribution in [-0.4, -0.2) is 47.9 Å². The lowest BCUT2D eigenvalue weighted by Gasteiger charge is -2.36. The van der Waals surface area contributed by atoms with Gasteiger partial charge in [0, 0.05) is 12.8 Å². The Morgan fingerprint density at radius 3 is 2.45 bits per heavy atom. The van der Waals surface area contributed by atoms with Crippen molar-refractivity contribution in [1.29, 1.82) is 0 Å². The fourth-order valence-electron chi connectivity index (χ4n) is 2.33. The molecule has 0 bridgehead atoms. The second-order valence-corrected chi connectivity index (χ2v) is 5.30. The van der Waals surface area contributed by atoms with Crippen LogP contribution in [0, 0.1) is 0 Å². The molecule has 20 heavy (non-hydrogen) atoms. The SMILES string of the molecule is C=CC1OC1OCCC[N+]1(O)OC(CC)CC(CC)O1. The van der Waals surface area contributed by atoms with Crippen molar-refractivity contribution in [3.63, 3.8) is 0 Å². The molecule has 0 spiro atoms. The molecule has 0 aliphatic carbocycles. The van der Waals surface area contributed by atoms with Crippen molar-refractivity contribution in [2.24, 2.45) is 0 Å². The first-order valence-corrected chi connectivity index (χ1v) is 7.47. The average Bonchev–Trinajstić information content (AvgIpc) is 3.21. The van der Waals surface area contributed by atoms with Crippen LogP contribution in [0.1, 0.15) is 39.5 Å². The Balaban J connectivity index is 1.70. The Bertz CT molecular complexity index is 313. The van der Waals surface area contributed by atoms with Crippen LogP contribution in [0.3, 0.4) is 0 Å². The van der Waals surface area contributed by atoms with Crippen molar-refractivity contribution >= 4 is 0 Å². The summed E-state index contributed by atoms with van der Waals surface area (Å²) >= 11 is 0. The van der Waals surface area contributed by atoms with Gasteiger partial charge in [0.2, 0.25) is 0 Å². The fraction of sp³-hybridized carbons (Fsp3) is 0.857. The van der Waals surface area contributed by atoms with Gasteiger partial charge in [-0.1, -0.05) is 19.9 Å². The quantitative estimate of drug-likeness (QED) is 0.321. The Morgan fingerprint density at radius 2 is 1.95 bits per heavy atom. The molecule has 2 rings (SSSR count). The minimum Gasteiger partial charge on any atom is -0.349 e. The summed E-state index contributed by atoms with van der Waals surface area (Å²) in [4.78, 5) is 10.4. The number of quaternary nitrogens is 1. The Kier molecular flexibility index (Phi) is 5.54. The van der Waals surface area contributed by atoms with Gasteiger partial charge in [-0.05, 0) is 12.8 Å². The Labute approximate surface area is 120 Å². The molecule has 0 aromatic heterocycles. The predicted molar refractivity (Wildman–Crippen MR) is 71.3 cm³/mol. The predicted octanol–water partition coefficient (Wildman–Crippen LogP) is 2.33. The van der Waals surface area contributed by atoms with Gasteiger partial charge in [-0.2, -0.15) is 0 Å². The monoisotopic (exact) mass is 288 g/mol. The highest BCUT2D eigenvalue weighted by molar-refractivity contribution is 4.92.